The predicted octanol–water partition coefficient (Wildman–Crippen LogP) is -0.105. The monoisotopic (exact) mass is 143 g/mol. The Kier molecular flexibility index (Phi) is 2.68. The number of aliphatic hydroxyl groups excluding tert-OH is 1. The molecule has 1 unspecified atom stereocenters. The van der Waals surface area contributed by atoms with Gasteiger partial charge in [-0.25, -0.2) is 0 Å². The summed E-state index contributed by atoms with van der Waals surface area (Å²) in [5.74, 6) is -0.137. The van der Waals surface area contributed by atoms with Gasteiger partial charge in [0.15, 0.2) is 0 Å². The largest absolute Gasteiger partial charge is 0.396 e. The fourth-order valence-electron chi connectivity index (χ4n) is 1.18. The first-order valence-corrected chi connectivity index (χ1v) is 3.73. The molecule has 0 aliphatic carbocycles. The molecule has 1 aliphatic heterocycles. The molecule has 1 aliphatic rings. The van der Waals surface area contributed by atoms with E-state index in [4.69, 9.17) is 5.11 Å². The van der Waals surface area contributed by atoms with E-state index < -0.39 is 0 Å². The first-order chi connectivity index (χ1) is 4.84. The van der Waals surface area contributed by atoms with Crippen LogP contribution in [-0.4, -0.2) is 24.2 Å². The molecular formula is C7H13NO2. The van der Waals surface area contributed by atoms with E-state index in [1.807, 2.05) is 0 Å². The lowest BCUT2D eigenvalue weighted by Gasteiger charge is -2.07. The SMILES string of the molecule is O=C1NCCCCC1CO. The Balaban J connectivity index is 2.43. The van der Waals surface area contributed by atoms with E-state index in [-0.39, 0.29) is 18.4 Å². The number of nitrogens with one attached hydrogen (secondary N) is 1. The van der Waals surface area contributed by atoms with Crippen LogP contribution in [0.15, 0.2) is 0 Å². The van der Waals surface area contributed by atoms with Crippen molar-refractivity contribution in [1.82, 2.24) is 5.32 Å². The average Bonchev–Trinajstić information content (AvgIpc) is 2.13. The van der Waals surface area contributed by atoms with Gasteiger partial charge in [-0.1, -0.05) is 6.42 Å². The first kappa shape index (κ1) is 7.54. The van der Waals surface area contributed by atoms with Gasteiger partial charge in [0.05, 0.1) is 12.5 Å². The second-order valence-corrected chi connectivity index (χ2v) is 2.67. The zero-order valence-corrected chi connectivity index (χ0v) is 5.97. The minimum absolute atomic E-state index is 0.00810. The van der Waals surface area contributed by atoms with Crippen molar-refractivity contribution in [2.24, 2.45) is 5.92 Å². The molecule has 0 aromatic rings. The number of aliphatic hydroxyl groups is 1. The molecule has 0 radical (unpaired) electrons. The van der Waals surface area contributed by atoms with Gasteiger partial charge >= 0.3 is 0 Å². The molecule has 0 spiro atoms. The van der Waals surface area contributed by atoms with Gasteiger partial charge in [0.2, 0.25) is 5.91 Å². The molecule has 1 fully saturated rings. The van der Waals surface area contributed by atoms with Crippen LogP contribution in [0.2, 0.25) is 0 Å². The molecule has 3 heteroatoms. The zero-order chi connectivity index (χ0) is 7.40. The lowest BCUT2D eigenvalue weighted by molar-refractivity contribution is -0.125. The molecule has 2 N–H and O–H groups in total. The van der Waals surface area contributed by atoms with E-state index in [2.05, 4.69) is 5.32 Å². The fourth-order valence-corrected chi connectivity index (χ4v) is 1.18. The average molecular weight is 143 g/mol. The van der Waals surface area contributed by atoms with Crippen molar-refractivity contribution >= 4 is 5.91 Å². The molecule has 10 heavy (non-hydrogen) atoms. The topological polar surface area (TPSA) is 49.3 Å². The predicted molar refractivity (Wildman–Crippen MR) is 37.4 cm³/mol. The summed E-state index contributed by atoms with van der Waals surface area (Å²) in [4.78, 5) is 11.0. The minimum atomic E-state index is -0.150. The molecule has 1 saturated heterocycles. The van der Waals surface area contributed by atoms with Crippen LogP contribution in [0.25, 0.3) is 0 Å². The first-order valence-electron chi connectivity index (χ1n) is 3.73. The Morgan fingerprint density at radius 3 is 3.10 bits per heavy atom. The second kappa shape index (κ2) is 3.56. The standard InChI is InChI=1S/C7H13NO2/c9-5-6-3-1-2-4-8-7(6)10/h6,9H,1-5H2,(H,8,10). The zero-order valence-electron chi connectivity index (χ0n) is 5.97. The van der Waals surface area contributed by atoms with E-state index in [9.17, 15) is 4.79 Å². The number of rotatable bonds is 1. The summed E-state index contributed by atoms with van der Waals surface area (Å²) in [6.45, 7) is 0.765. The Hall–Kier alpha value is -0.570. The van der Waals surface area contributed by atoms with Gasteiger partial charge in [0.1, 0.15) is 0 Å². The molecule has 1 heterocycles. The van der Waals surface area contributed by atoms with Gasteiger partial charge in [-0.05, 0) is 12.8 Å². The molecule has 0 bridgehead atoms. The maximum absolute atomic E-state index is 11.0. The van der Waals surface area contributed by atoms with Gasteiger partial charge in [-0.15, -0.1) is 0 Å². The maximum atomic E-state index is 11.0. The highest BCUT2D eigenvalue weighted by Gasteiger charge is 2.18. The summed E-state index contributed by atoms with van der Waals surface area (Å²) in [7, 11) is 0. The molecule has 3 nitrogen and oxygen atoms in total. The minimum Gasteiger partial charge on any atom is -0.396 e. The van der Waals surface area contributed by atoms with E-state index in [0.29, 0.717) is 0 Å². The summed E-state index contributed by atoms with van der Waals surface area (Å²) in [5, 5.41) is 11.5. The lowest BCUT2D eigenvalue weighted by atomic mass is 10.0. The van der Waals surface area contributed by atoms with Crippen LogP contribution in [0.5, 0.6) is 0 Å². The fraction of sp³-hybridized carbons (Fsp3) is 0.857. The Bertz CT molecular complexity index is 125. The van der Waals surface area contributed by atoms with Gasteiger partial charge in [-0.3, -0.25) is 4.79 Å². The molecule has 1 atom stereocenters. The van der Waals surface area contributed by atoms with Crippen molar-refractivity contribution in [3.05, 3.63) is 0 Å². The number of hydrogen-bond acceptors (Lipinski definition) is 2. The van der Waals surface area contributed by atoms with E-state index in [1.165, 1.54) is 0 Å². The van der Waals surface area contributed by atoms with Crippen molar-refractivity contribution in [3.8, 4) is 0 Å². The Morgan fingerprint density at radius 2 is 2.40 bits per heavy atom. The summed E-state index contributed by atoms with van der Waals surface area (Å²) >= 11 is 0. The Labute approximate surface area is 60.4 Å². The number of hydrogen-bond donors (Lipinski definition) is 2. The van der Waals surface area contributed by atoms with Crippen molar-refractivity contribution in [2.45, 2.75) is 19.3 Å². The molecule has 0 saturated carbocycles. The summed E-state index contributed by atoms with van der Waals surface area (Å²) in [6, 6.07) is 0. The van der Waals surface area contributed by atoms with Crippen molar-refractivity contribution in [2.75, 3.05) is 13.2 Å². The third-order valence-electron chi connectivity index (χ3n) is 1.87. The number of carbonyl (C=O) groups excluding carboxylic acids is 1. The molecule has 0 aromatic carbocycles. The van der Waals surface area contributed by atoms with Crippen molar-refractivity contribution in [1.29, 1.82) is 0 Å². The smallest absolute Gasteiger partial charge is 0.225 e. The van der Waals surface area contributed by atoms with Crippen molar-refractivity contribution in [3.63, 3.8) is 0 Å². The van der Waals surface area contributed by atoms with Gasteiger partial charge in [-0.2, -0.15) is 0 Å². The van der Waals surface area contributed by atoms with Gasteiger partial charge in [0, 0.05) is 6.54 Å². The van der Waals surface area contributed by atoms with E-state index in [1.54, 1.807) is 0 Å². The summed E-state index contributed by atoms with van der Waals surface area (Å²) in [5.41, 5.74) is 0. The third kappa shape index (κ3) is 1.70. The number of carbonyl (C=O) groups is 1. The second-order valence-electron chi connectivity index (χ2n) is 2.67. The van der Waals surface area contributed by atoms with Crippen LogP contribution in [0.1, 0.15) is 19.3 Å². The lowest BCUT2D eigenvalue weighted by Crippen LogP contribution is -2.30. The molecule has 0 aromatic heterocycles. The van der Waals surface area contributed by atoms with Crippen LogP contribution < -0.4 is 5.32 Å². The highest BCUT2D eigenvalue weighted by atomic mass is 16.3. The highest BCUT2D eigenvalue weighted by Crippen LogP contribution is 2.10. The van der Waals surface area contributed by atoms with Crippen molar-refractivity contribution < 1.29 is 9.90 Å². The quantitative estimate of drug-likeness (QED) is 0.538. The third-order valence-corrected chi connectivity index (χ3v) is 1.87. The highest BCUT2D eigenvalue weighted by molar-refractivity contribution is 5.78. The van der Waals surface area contributed by atoms with Crippen LogP contribution in [0.3, 0.4) is 0 Å². The Morgan fingerprint density at radius 1 is 1.60 bits per heavy atom. The van der Waals surface area contributed by atoms with Gasteiger partial charge < -0.3 is 10.4 Å². The maximum Gasteiger partial charge on any atom is 0.225 e. The molecule has 1 amide bonds. The summed E-state index contributed by atoms with van der Waals surface area (Å²) in [6.07, 6.45) is 2.93. The van der Waals surface area contributed by atoms with Crippen LogP contribution in [0.4, 0.5) is 0 Å². The molecular weight excluding hydrogens is 130 g/mol. The van der Waals surface area contributed by atoms with Gasteiger partial charge in [0.25, 0.3) is 0 Å². The van der Waals surface area contributed by atoms with Crippen LogP contribution in [-0.2, 0) is 4.79 Å². The number of amides is 1. The van der Waals surface area contributed by atoms with E-state index >= 15 is 0 Å². The molecule has 1 rings (SSSR count). The van der Waals surface area contributed by atoms with E-state index in [0.717, 1.165) is 25.8 Å². The molecule has 58 valence electrons. The van der Waals surface area contributed by atoms with Crippen LogP contribution >= 0.6 is 0 Å². The summed E-state index contributed by atoms with van der Waals surface area (Å²) < 4.78 is 0. The normalized spacial score (nSPS) is 27.3. The van der Waals surface area contributed by atoms with Crippen LogP contribution in [0, 0.1) is 5.92 Å².